The molecule has 0 aliphatic heterocycles. The zero-order valence-electron chi connectivity index (χ0n) is 11.6. The predicted octanol–water partition coefficient (Wildman–Crippen LogP) is 1.82. The third kappa shape index (κ3) is 3.21. The summed E-state index contributed by atoms with van der Waals surface area (Å²) in [4.78, 5) is 10.8. The second kappa shape index (κ2) is 5.42. The molecule has 6 nitrogen and oxygen atoms in total. The Morgan fingerprint density at radius 3 is 2.85 bits per heavy atom. The quantitative estimate of drug-likeness (QED) is 0.857. The number of nitrogens with zero attached hydrogens (tertiary/aromatic N) is 2. The van der Waals surface area contributed by atoms with Gasteiger partial charge in [-0.1, -0.05) is 17.7 Å². The molecule has 1 unspecified atom stereocenters. The van der Waals surface area contributed by atoms with E-state index in [0.29, 0.717) is 5.89 Å². The first-order valence-electron chi connectivity index (χ1n) is 6.15. The van der Waals surface area contributed by atoms with E-state index in [1.54, 1.807) is 0 Å². The summed E-state index contributed by atoms with van der Waals surface area (Å²) < 4.78 is 10.2. The molecule has 1 aromatic heterocycles. The van der Waals surface area contributed by atoms with Crippen molar-refractivity contribution in [3.8, 4) is 11.5 Å². The molecule has 1 N–H and O–H groups in total. The van der Waals surface area contributed by atoms with Crippen LogP contribution < -0.4 is 0 Å². The van der Waals surface area contributed by atoms with Crippen molar-refractivity contribution in [3.05, 3.63) is 35.7 Å². The fraction of sp³-hybridized carbons (Fsp3) is 0.357. The lowest BCUT2D eigenvalue weighted by Crippen LogP contribution is -2.29. The molecule has 1 heterocycles. The molecule has 2 aromatic rings. The van der Waals surface area contributed by atoms with Crippen molar-refractivity contribution in [1.29, 1.82) is 0 Å². The second-order valence-electron chi connectivity index (χ2n) is 4.84. The number of carbonyl (C=O) groups is 1. The van der Waals surface area contributed by atoms with Crippen LogP contribution in [0.2, 0.25) is 0 Å². The highest BCUT2D eigenvalue weighted by molar-refractivity contribution is 5.66. The number of esters is 1. The molecule has 0 saturated carbocycles. The topological polar surface area (TPSA) is 85.5 Å². The predicted molar refractivity (Wildman–Crippen MR) is 70.7 cm³/mol. The average Bonchev–Trinajstić information content (AvgIpc) is 2.87. The molecule has 0 saturated heterocycles. The number of aryl methyl sites for hydroxylation is 1. The lowest BCUT2D eigenvalue weighted by atomic mass is 10.1. The fourth-order valence-corrected chi connectivity index (χ4v) is 1.64. The number of carbonyl (C=O) groups excluding carboxylic acids is 1. The van der Waals surface area contributed by atoms with E-state index in [2.05, 4.69) is 10.2 Å². The Morgan fingerprint density at radius 2 is 2.20 bits per heavy atom. The van der Waals surface area contributed by atoms with E-state index in [9.17, 15) is 9.90 Å². The van der Waals surface area contributed by atoms with Crippen LogP contribution in [0, 0.1) is 6.92 Å². The Labute approximate surface area is 116 Å². The zero-order valence-corrected chi connectivity index (χ0v) is 11.6. The third-order valence-corrected chi connectivity index (χ3v) is 2.71. The van der Waals surface area contributed by atoms with Gasteiger partial charge in [-0.25, -0.2) is 0 Å². The molecule has 1 atom stereocenters. The second-order valence-corrected chi connectivity index (χ2v) is 4.84. The van der Waals surface area contributed by atoms with Gasteiger partial charge in [0.25, 0.3) is 5.89 Å². The maximum atomic E-state index is 10.8. The standard InChI is InChI=1S/C14H16N2O4/c1-9-5-4-6-11(7-9)12-15-16-13(20-12)14(3,18)8-19-10(2)17/h4-7,18H,8H2,1-3H3. The van der Waals surface area contributed by atoms with Crippen LogP contribution in [0.5, 0.6) is 0 Å². The smallest absolute Gasteiger partial charge is 0.302 e. The minimum Gasteiger partial charge on any atom is -0.462 e. The molecule has 0 bridgehead atoms. The van der Waals surface area contributed by atoms with E-state index in [1.165, 1.54) is 13.8 Å². The SMILES string of the molecule is CC(=O)OCC(C)(O)c1nnc(-c2cccc(C)c2)o1. The summed E-state index contributed by atoms with van der Waals surface area (Å²) in [6.07, 6.45) is 0. The Balaban J connectivity index is 2.22. The van der Waals surface area contributed by atoms with Gasteiger partial charge in [-0.2, -0.15) is 0 Å². The number of benzene rings is 1. The molecule has 1 aromatic carbocycles. The van der Waals surface area contributed by atoms with Crippen molar-refractivity contribution >= 4 is 5.97 Å². The Morgan fingerprint density at radius 1 is 1.45 bits per heavy atom. The molecule has 0 aliphatic carbocycles. The molecule has 6 heteroatoms. The van der Waals surface area contributed by atoms with E-state index in [1.807, 2.05) is 31.2 Å². The third-order valence-electron chi connectivity index (χ3n) is 2.71. The van der Waals surface area contributed by atoms with Crippen LogP contribution in [0.3, 0.4) is 0 Å². The molecular formula is C14H16N2O4. The van der Waals surface area contributed by atoms with Crippen molar-refractivity contribution < 1.29 is 19.1 Å². The molecule has 0 amide bonds. The minimum absolute atomic E-state index is 0.00950. The van der Waals surface area contributed by atoms with Crippen LogP contribution in [0.15, 0.2) is 28.7 Å². The summed E-state index contributed by atoms with van der Waals surface area (Å²) in [6.45, 7) is 4.43. The maximum absolute atomic E-state index is 10.8. The van der Waals surface area contributed by atoms with Gasteiger partial charge in [0, 0.05) is 12.5 Å². The van der Waals surface area contributed by atoms with Gasteiger partial charge in [0.1, 0.15) is 6.61 Å². The normalized spacial score (nSPS) is 13.8. The number of rotatable bonds is 4. The van der Waals surface area contributed by atoms with Crippen molar-refractivity contribution in [2.24, 2.45) is 0 Å². The van der Waals surface area contributed by atoms with Crippen LogP contribution in [0.4, 0.5) is 0 Å². The van der Waals surface area contributed by atoms with Gasteiger partial charge in [-0.05, 0) is 26.0 Å². The number of ether oxygens (including phenoxy) is 1. The molecule has 0 fully saturated rings. The van der Waals surface area contributed by atoms with Gasteiger partial charge in [0.15, 0.2) is 5.60 Å². The van der Waals surface area contributed by atoms with E-state index in [4.69, 9.17) is 9.15 Å². The van der Waals surface area contributed by atoms with Crippen LogP contribution in [-0.2, 0) is 15.1 Å². The summed E-state index contributed by atoms with van der Waals surface area (Å²) in [7, 11) is 0. The van der Waals surface area contributed by atoms with E-state index in [0.717, 1.165) is 11.1 Å². The molecule has 0 spiro atoms. The summed E-state index contributed by atoms with van der Waals surface area (Å²) >= 11 is 0. The van der Waals surface area contributed by atoms with Gasteiger partial charge in [-0.3, -0.25) is 4.79 Å². The summed E-state index contributed by atoms with van der Waals surface area (Å²) in [5.74, 6) is -0.161. The van der Waals surface area contributed by atoms with Crippen molar-refractivity contribution in [2.75, 3.05) is 6.61 Å². The Hall–Kier alpha value is -2.21. The van der Waals surface area contributed by atoms with Gasteiger partial charge in [-0.15, -0.1) is 10.2 Å². The van der Waals surface area contributed by atoms with Gasteiger partial charge < -0.3 is 14.3 Å². The highest BCUT2D eigenvalue weighted by Gasteiger charge is 2.31. The summed E-state index contributed by atoms with van der Waals surface area (Å²) in [5, 5.41) is 17.9. The zero-order chi connectivity index (χ0) is 14.8. The monoisotopic (exact) mass is 276 g/mol. The molecule has 0 aliphatic rings. The highest BCUT2D eigenvalue weighted by atomic mass is 16.5. The van der Waals surface area contributed by atoms with Gasteiger partial charge >= 0.3 is 5.97 Å². The van der Waals surface area contributed by atoms with Gasteiger partial charge in [0.05, 0.1) is 0 Å². The van der Waals surface area contributed by atoms with Crippen molar-refractivity contribution in [3.63, 3.8) is 0 Å². The number of aromatic nitrogens is 2. The van der Waals surface area contributed by atoms with Crippen LogP contribution in [0.1, 0.15) is 25.3 Å². The molecular weight excluding hydrogens is 260 g/mol. The first-order valence-corrected chi connectivity index (χ1v) is 6.15. The van der Waals surface area contributed by atoms with Crippen LogP contribution in [-0.4, -0.2) is 27.9 Å². The Kier molecular flexibility index (Phi) is 3.85. The Bertz CT molecular complexity index is 619. The molecule has 106 valence electrons. The van der Waals surface area contributed by atoms with Gasteiger partial charge in [0.2, 0.25) is 5.89 Å². The molecule has 0 radical (unpaired) electrons. The van der Waals surface area contributed by atoms with E-state index >= 15 is 0 Å². The van der Waals surface area contributed by atoms with Crippen molar-refractivity contribution in [1.82, 2.24) is 10.2 Å². The van der Waals surface area contributed by atoms with Crippen molar-refractivity contribution in [2.45, 2.75) is 26.4 Å². The molecule has 2 rings (SSSR count). The van der Waals surface area contributed by atoms with E-state index in [-0.39, 0.29) is 12.5 Å². The lowest BCUT2D eigenvalue weighted by Gasteiger charge is -2.17. The first kappa shape index (κ1) is 14.2. The van der Waals surface area contributed by atoms with Crippen LogP contribution in [0.25, 0.3) is 11.5 Å². The number of hydrogen-bond acceptors (Lipinski definition) is 6. The number of aliphatic hydroxyl groups is 1. The first-order chi connectivity index (χ1) is 9.38. The fourth-order valence-electron chi connectivity index (χ4n) is 1.64. The minimum atomic E-state index is -1.51. The summed E-state index contributed by atoms with van der Waals surface area (Å²) in [5.41, 5.74) is 0.321. The molecule has 20 heavy (non-hydrogen) atoms. The van der Waals surface area contributed by atoms with Crippen LogP contribution >= 0.6 is 0 Å². The lowest BCUT2D eigenvalue weighted by molar-refractivity contribution is -0.149. The summed E-state index contributed by atoms with van der Waals surface area (Å²) in [6, 6.07) is 7.58. The average molecular weight is 276 g/mol. The largest absolute Gasteiger partial charge is 0.462 e. The van der Waals surface area contributed by atoms with E-state index < -0.39 is 11.6 Å². The number of hydrogen-bond donors (Lipinski definition) is 1. The highest BCUT2D eigenvalue weighted by Crippen LogP contribution is 2.25. The maximum Gasteiger partial charge on any atom is 0.302 e.